The summed E-state index contributed by atoms with van der Waals surface area (Å²) in [7, 11) is 0. The molecule has 5 rings (SSSR count). The van der Waals surface area contributed by atoms with Crippen molar-refractivity contribution in [3.8, 4) is 0 Å². The molecule has 3 aliphatic heterocycles. The van der Waals surface area contributed by atoms with Gasteiger partial charge in [-0.15, -0.1) is 0 Å². The van der Waals surface area contributed by atoms with Gasteiger partial charge in [-0.25, -0.2) is 4.98 Å². The van der Waals surface area contributed by atoms with Crippen LogP contribution in [0.2, 0.25) is 0 Å². The quantitative estimate of drug-likeness (QED) is 0.699. The molecule has 4 heterocycles. The fourth-order valence-corrected chi connectivity index (χ4v) is 6.47. The molecule has 1 saturated carbocycles. The Morgan fingerprint density at radius 2 is 1.81 bits per heavy atom. The van der Waals surface area contributed by atoms with Crippen LogP contribution in [0.5, 0.6) is 0 Å². The van der Waals surface area contributed by atoms with Gasteiger partial charge in [-0.2, -0.15) is 0 Å². The van der Waals surface area contributed by atoms with Crippen LogP contribution < -0.4 is 4.90 Å². The molecule has 4 aliphatic rings. The second-order valence-electron chi connectivity index (χ2n) is 10.5. The first-order chi connectivity index (χ1) is 15.7. The Balaban J connectivity index is 1.09. The monoisotopic (exact) mass is 440 g/mol. The summed E-state index contributed by atoms with van der Waals surface area (Å²) in [4.78, 5) is 24.5. The molecule has 1 aromatic rings. The molecule has 32 heavy (non-hydrogen) atoms. The molecule has 0 unspecified atom stereocenters. The van der Waals surface area contributed by atoms with Gasteiger partial charge in [-0.05, 0) is 50.2 Å². The molecule has 6 nitrogen and oxygen atoms in total. The van der Waals surface area contributed by atoms with Crippen molar-refractivity contribution in [3.63, 3.8) is 0 Å². The average molecular weight is 441 g/mol. The van der Waals surface area contributed by atoms with E-state index in [1.54, 1.807) is 0 Å². The Bertz CT molecular complexity index is 735. The summed E-state index contributed by atoms with van der Waals surface area (Å²) >= 11 is 0. The second kappa shape index (κ2) is 10.1. The summed E-state index contributed by atoms with van der Waals surface area (Å²) in [6, 6.07) is 6.78. The van der Waals surface area contributed by atoms with Crippen LogP contribution in [0.4, 0.5) is 5.82 Å². The lowest BCUT2D eigenvalue weighted by molar-refractivity contribution is -0.149. The van der Waals surface area contributed by atoms with Crippen molar-refractivity contribution in [1.29, 1.82) is 0 Å². The lowest BCUT2D eigenvalue weighted by atomic mass is 9.81. The number of pyridine rings is 1. The van der Waals surface area contributed by atoms with Crippen molar-refractivity contribution >= 4 is 11.7 Å². The van der Waals surface area contributed by atoms with Crippen molar-refractivity contribution in [2.75, 3.05) is 50.8 Å². The summed E-state index contributed by atoms with van der Waals surface area (Å²) in [5.74, 6) is 2.28. The largest absolute Gasteiger partial charge is 0.375 e. The van der Waals surface area contributed by atoms with Gasteiger partial charge in [-0.1, -0.05) is 31.7 Å². The molecular formula is C26H40N4O2. The third kappa shape index (κ3) is 5.12. The van der Waals surface area contributed by atoms with Crippen LogP contribution in [0.1, 0.15) is 64.2 Å². The van der Waals surface area contributed by atoms with Crippen LogP contribution in [0.25, 0.3) is 0 Å². The molecule has 1 aromatic heterocycles. The molecule has 3 saturated heterocycles. The number of carbonyl (C=O) groups excluding carboxylic acids is 1. The van der Waals surface area contributed by atoms with E-state index in [2.05, 4.69) is 31.8 Å². The number of anilines is 1. The Labute approximate surface area is 193 Å². The van der Waals surface area contributed by atoms with Crippen molar-refractivity contribution in [3.05, 3.63) is 24.4 Å². The number of amides is 1. The number of likely N-dealkylation sites (tertiary alicyclic amines) is 1. The molecule has 6 heteroatoms. The van der Waals surface area contributed by atoms with Gasteiger partial charge in [0.25, 0.3) is 0 Å². The topological polar surface area (TPSA) is 48.9 Å². The smallest absolute Gasteiger partial charge is 0.222 e. The second-order valence-corrected chi connectivity index (χ2v) is 10.5. The van der Waals surface area contributed by atoms with Gasteiger partial charge >= 0.3 is 0 Å². The minimum Gasteiger partial charge on any atom is -0.375 e. The molecule has 1 amide bonds. The van der Waals surface area contributed by atoms with Crippen LogP contribution in [-0.2, 0) is 9.53 Å². The number of ether oxygens (including phenoxy) is 1. The predicted molar refractivity (Wildman–Crippen MR) is 127 cm³/mol. The molecule has 0 N–H and O–H groups in total. The van der Waals surface area contributed by atoms with Crippen molar-refractivity contribution in [2.24, 2.45) is 5.92 Å². The van der Waals surface area contributed by atoms with E-state index in [4.69, 9.17) is 4.74 Å². The maximum Gasteiger partial charge on any atom is 0.222 e. The zero-order chi connectivity index (χ0) is 21.8. The molecule has 0 bridgehead atoms. The normalized spacial score (nSPS) is 27.2. The minimum atomic E-state index is -0.0106. The number of hydrogen-bond acceptors (Lipinski definition) is 5. The Morgan fingerprint density at radius 1 is 1.03 bits per heavy atom. The molecule has 0 aromatic carbocycles. The Hall–Kier alpha value is -1.66. The van der Waals surface area contributed by atoms with E-state index in [-0.39, 0.29) is 5.60 Å². The SMILES string of the molecule is O=C(CCC1CCCC1)N1CCC2(CC1)C[C@@H](N1CCN(c3ccccn3)CC1)CCO2. The first-order valence-corrected chi connectivity index (χ1v) is 13.0. The van der Waals surface area contributed by atoms with Gasteiger partial charge in [0.05, 0.1) is 5.60 Å². The van der Waals surface area contributed by atoms with E-state index in [0.29, 0.717) is 11.9 Å². The molecule has 1 atom stereocenters. The van der Waals surface area contributed by atoms with E-state index in [0.717, 1.165) is 96.1 Å². The summed E-state index contributed by atoms with van der Waals surface area (Å²) in [6.07, 6.45) is 13.4. The van der Waals surface area contributed by atoms with Crippen LogP contribution >= 0.6 is 0 Å². The van der Waals surface area contributed by atoms with Crippen molar-refractivity contribution in [2.45, 2.75) is 75.9 Å². The number of rotatable bonds is 5. The molecule has 1 spiro atoms. The average Bonchev–Trinajstić information content (AvgIpc) is 3.38. The standard InChI is InChI=1S/C26H40N4O2/c31-25(9-8-22-5-1-2-6-22)30-14-11-26(12-15-30)21-23(10-20-32-26)28-16-18-29(19-17-28)24-7-3-4-13-27-24/h3-4,7,13,22-23H,1-2,5-6,8-12,14-21H2/t23-/m0/s1. The first kappa shape index (κ1) is 22.1. The van der Waals surface area contributed by atoms with Crippen LogP contribution in [-0.4, -0.2) is 78.2 Å². The van der Waals surface area contributed by atoms with E-state index in [1.807, 2.05) is 12.3 Å². The Kier molecular flexibility index (Phi) is 6.98. The fraction of sp³-hybridized carbons (Fsp3) is 0.769. The van der Waals surface area contributed by atoms with Gasteiger partial charge < -0.3 is 14.5 Å². The van der Waals surface area contributed by atoms with Crippen LogP contribution in [0.15, 0.2) is 24.4 Å². The van der Waals surface area contributed by atoms with Crippen LogP contribution in [0.3, 0.4) is 0 Å². The first-order valence-electron chi connectivity index (χ1n) is 13.0. The van der Waals surface area contributed by atoms with Gasteiger partial charge in [-0.3, -0.25) is 9.69 Å². The maximum absolute atomic E-state index is 12.8. The maximum atomic E-state index is 12.8. The van der Waals surface area contributed by atoms with Gasteiger partial charge in [0, 0.05) is 64.5 Å². The lowest BCUT2D eigenvalue weighted by Gasteiger charge is -2.49. The third-order valence-electron chi connectivity index (χ3n) is 8.54. The lowest BCUT2D eigenvalue weighted by Crippen LogP contribution is -2.57. The van der Waals surface area contributed by atoms with E-state index >= 15 is 0 Å². The number of carbonyl (C=O) groups is 1. The predicted octanol–water partition coefficient (Wildman–Crippen LogP) is 3.71. The molecule has 1 aliphatic carbocycles. The number of hydrogen-bond donors (Lipinski definition) is 0. The number of aromatic nitrogens is 1. The minimum absolute atomic E-state index is 0.0106. The summed E-state index contributed by atoms with van der Waals surface area (Å²) in [5, 5.41) is 0. The number of nitrogens with zero attached hydrogens (tertiary/aromatic N) is 4. The third-order valence-corrected chi connectivity index (χ3v) is 8.54. The zero-order valence-electron chi connectivity index (χ0n) is 19.6. The summed E-state index contributed by atoms with van der Waals surface area (Å²) < 4.78 is 6.40. The highest BCUT2D eigenvalue weighted by molar-refractivity contribution is 5.76. The Morgan fingerprint density at radius 3 is 2.53 bits per heavy atom. The van der Waals surface area contributed by atoms with E-state index in [9.17, 15) is 4.79 Å². The van der Waals surface area contributed by atoms with Gasteiger partial charge in [0.15, 0.2) is 0 Å². The van der Waals surface area contributed by atoms with Crippen molar-refractivity contribution in [1.82, 2.24) is 14.8 Å². The van der Waals surface area contributed by atoms with E-state index < -0.39 is 0 Å². The molecule has 176 valence electrons. The summed E-state index contributed by atoms with van der Waals surface area (Å²) in [6.45, 7) is 6.91. The van der Waals surface area contributed by atoms with Crippen molar-refractivity contribution < 1.29 is 9.53 Å². The number of piperazine rings is 1. The molecular weight excluding hydrogens is 400 g/mol. The highest BCUT2D eigenvalue weighted by Gasteiger charge is 2.43. The van der Waals surface area contributed by atoms with E-state index in [1.165, 1.54) is 25.7 Å². The molecule has 4 fully saturated rings. The number of piperidine rings is 1. The summed E-state index contributed by atoms with van der Waals surface area (Å²) in [5.41, 5.74) is -0.0106. The highest BCUT2D eigenvalue weighted by Crippen LogP contribution is 2.37. The van der Waals surface area contributed by atoms with Gasteiger partial charge in [0.1, 0.15) is 5.82 Å². The molecule has 0 radical (unpaired) electrons. The van der Waals surface area contributed by atoms with Crippen LogP contribution in [0, 0.1) is 5.92 Å². The fourth-order valence-electron chi connectivity index (χ4n) is 6.47. The zero-order valence-corrected chi connectivity index (χ0v) is 19.6. The highest BCUT2D eigenvalue weighted by atomic mass is 16.5. The van der Waals surface area contributed by atoms with Gasteiger partial charge in [0.2, 0.25) is 5.91 Å².